The number of halogens is 1. The van der Waals surface area contributed by atoms with Gasteiger partial charge in [-0.3, -0.25) is 4.79 Å². The molecule has 1 aliphatic heterocycles. The molecule has 1 aliphatic rings. The van der Waals surface area contributed by atoms with Crippen LogP contribution in [-0.4, -0.2) is 36.8 Å². The van der Waals surface area contributed by atoms with Crippen molar-refractivity contribution in [3.05, 3.63) is 47.1 Å². The highest BCUT2D eigenvalue weighted by Crippen LogP contribution is 2.26. The molecule has 1 aromatic heterocycles. The third-order valence-electron chi connectivity index (χ3n) is 3.94. The van der Waals surface area contributed by atoms with E-state index in [2.05, 4.69) is 10.3 Å². The molecule has 0 radical (unpaired) electrons. The highest BCUT2D eigenvalue weighted by molar-refractivity contribution is 6.32. The number of amides is 1. The molecule has 0 saturated carbocycles. The lowest BCUT2D eigenvalue weighted by Crippen LogP contribution is -2.26. The van der Waals surface area contributed by atoms with Crippen LogP contribution in [0.5, 0.6) is 11.6 Å². The maximum Gasteiger partial charge on any atom is 0.257 e. The summed E-state index contributed by atoms with van der Waals surface area (Å²) in [5.74, 6) is 0.808. The summed E-state index contributed by atoms with van der Waals surface area (Å²) in [4.78, 5) is 16.6. The molecule has 3 rings (SSSR count). The SMILES string of the molecule is CCOc1ccc(NC(=O)c2cnc(OC3CCOCC3)c(Cl)c2)cc1. The highest BCUT2D eigenvalue weighted by Gasteiger charge is 2.18. The summed E-state index contributed by atoms with van der Waals surface area (Å²) in [6.07, 6.45) is 3.11. The fraction of sp³-hybridized carbons (Fsp3) is 0.368. The molecule has 1 amide bonds. The number of benzene rings is 1. The molecule has 138 valence electrons. The number of carbonyl (C=O) groups is 1. The topological polar surface area (TPSA) is 69.7 Å². The van der Waals surface area contributed by atoms with Crippen molar-refractivity contribution in [2.45, 2.75) is 25.9 Å². The van der Waals surface area contributed by atoms with E-state index in [0.29, 0.717) is 42.0 Å². The van der Waals surface area contributed by atoms with Crippen molar-refractivity contribution in [1.29, 1.82) is 0 Å². The van der Waals surface area contributed by atoms with Crippen LogP contribution < -0.4 is 14.8 Å². The van der Waals surface area contributed by atoms with Gasteiger partial charge in [0.05, 0.1) is 25.4 Å². The number of pyridine rings is 1. The van der Waals surface area contributed by atoms with Crippen LogP contribution in [0.2, 0.25) is 5.02 Å². The number of hydrogen-bond acceptors (Lipinski definition) is 5. The molecular formula is C19H21ClN2O4. The third kappa shape index (κ3) is 4.86. The van der Waals surface area contributed by atoms with E-state index in [-0.39, 0.29) is 12.0 Å². The van der Waals surface area contributed by atoms with Crippen LogP contribution in [0.4, 0.5) is 5.69 Å². The second kappa shape index (κ2) is 8.87. The second-order valence-corrected chi connectivity index (χ2v) is 6.26. The average Bonchev–Trinajstić information content (AvgIpc) is 2.66. The van der Waals surface area contributed by atoms with Crippen LogP contribution in [0.1, 0.15) is 30.1 Å². The Kier molecular flexibility index (Phi) is 6.30. The Morgan fingerprint density at radius 3 is 2.69 bits per heavy atom. The van der Waals surface area contributed by atoms with Crippen molar-refractivity contribution in [2.75, 3.05) is 25.1 Å². The molecule has 6 nitrogen and oxygen atoms in total. The van der Waals surface area contributed by atoms with Gasteiger partial charge in [-0.15, -0.1) is 0 Å². The Hall–Kier alpha value is -2.31. The molecule has 1 saturated heterocycles. The minimum Gasteiger partial charge on any atom is -0.494 e. The Morgan fingerprint density at radius 2 is 2.04 bits per heavy atom. The summed E-state index contributed by atoms with van der Waals surface area (Å²) in [7, 11) is 0. The number of hydrogen-bond donors (Lipinski definition) is 1. The maximum absolute atomic E-state index is 12.4. The maximum atomic E-state index is 12.4. The first-order valence-electron chi connectivity index (χ1n) is 8.60. The summed E-state index contributed by atoms with van der Waals surface area (Å²) in [5.41, 5.74) is 1.03. The van der Waals surface area contributed by atoms with Gasteiger partial charge in [0.2, 0.25) is 5.88 Å². The van der Waals surface area contributed by atoms with Crippen molar-refractivity contribution in [3.8, 4) is 11.6 Å². The first kappa shape index (κ1) is 18.5. The lowest BCUT2D eigenvalue weighted by molar-refractivity contribution is 0.0238. The third-order valence-corrected chi connectivity index (χ3v) is 4.21. The number of anilines is 1. The fourth-order valence-electron chi connectivity index (χ4n) is 2.59. The van der Waals surface area contributed by atoms with Crippen molar-refractivity contribution >= 4 is 23.2 Å². The fourth-order valence-corrected chi connectivity index (χ4v) is 2.80. The summed E-state index contributed by atoms with van der Waals surface area (Å²) < 4.78 is 16.5. The monoisotopic (exact) mass is 376 g/mol. The van der Waals surface area contributed by atoms with E-state index >= 15 is 0 Å². The van der Waals surface area contributed by atoms with Crippen LogP contribution in [0.25, 0.3) is 0 Å². The first-order chi connectivity index (χ1) is 12.7. The van der Waals surface area contributed by atoms with Gasteiger partial charge in [0, 0.05) is 24.7 Å². The summed E-state index contributed by atoms with van der Waals surface area (Å²) in [5, 5.41) is 3.12. The number of rotatable bonds is 6. The van der Waals surface area contributed by atoms with Gasteiger partial charge < -0.3 is 19.5 Å². The van der Waals surface area contributed by atoms with Gasteiger partial charge in [0.25, 0.3) is 5.91 Å². The van der Waals surface area contributed by atoms with Crippen LogP contribution in [0.15, 0.2) is 36.5 Å². The highest BCUT2D eigenvalue weighted by atomic mass is 35.5. The largest absolute Gasteiger partial charge is 0.494 e. The Balaban J connectivity index is 1.62. The number of carbonyl (C=O) groups excluding carboxylic acids is 1. The van der Waals surface area contributed by atoms with E-state index in [9.17, 15) is 4.79 Å². The molecule has 0 unspecified atom stereocenters. The summed E-state index contributed by atoms with van der Waals surface area (Å²) in [6.45, 7) is 3.86. The lowest BCUT2D eigenvalue weighted by Gasteiger charge is -2.23. The van der Waals surface area contributed by atoms with Crippen LogP contribution in [0.3, 0.4) is 0 Å². The quantitative estimate of drug-likeness (QED) is 0.826. The molecule has 0 spiro atoms. The lowest BCUT2D eigenvalue weighted by atomic mass is 10.1. The predicted octanol–water partition coefficient (Wildman–Crippen LogP) is 3.94. The minimum absolute atomic E-state index is 0.0391. The van der Waals surface area contributed by atoms with E-state index in [1.54, 1.807) is 30.3 Å². The average molecular weight is 377 g/mol. The summed E-state index contributed by atoms with van der Waals surface area (Å²) >= 11 is 6.24. The molecule has 26 heavy (non-hydrogen) atoms. The zero-order chi connectivity index (χ0) is 18.4. The van der Waals surface area contributed by atoms with E-state index in [1.165, 1.54) is 6.20 Å². The van der Waals surface area contributed by atoms with E-state index < -0.39 is 0 Å². The van der Waals surface area contributed by atoms with E-state index in [4.69, 9.17) is 25.8 Å². The number of nitrogens with zero attached hydrogens (tertiary/aromatic N) is 1. The molecule has 0 bridgehead atoms. The van der Waals surface area contributed by atoms with Crippen molar-refractivity contribution in [2.24, 2.45) is 0 Å². The van der Waals surface area contributed by atoms with Gasteiger partial charge >= 0.3 is 0 Å². The first-order valence-corrected chi connectivity index (χ1v) is 8.97. The number of ether oxygens (including phenoxy) is 3. The zero-order valence-corrected chi connectivity index (χ0v) is 15.3. The van der Waals surface area contributed by atoms with Gasteiger partial charge in [-0.2, -0.15) is 0 Å². The number of nitrogens with one attached hydrogen (secondary N) is 1. The van der Waals surface area contributed by atoms with Gasteiger partial charge in [-0.1, -0.05) is 11.6 Å². The minimum atomic E-state index is -0.291. The van der Waals surface area contributed by atoms with Gasteiger partial charge in [0.15, 0.2) is 0 Å². The molecule has 2 aromatic rings. The zero-order valence-electron chi connectivity index (χ0n) is 14.5. The van der Waals surface area contributed by atoms with Gasteiger partial charge in [-0.05, 0) is 37.3 Å². The van der Waals surface area contributed by atoms with E-state index in [0.717, 1.165) is 18.6 Å². The molecule has 1 N–H and O–H groups in total. The van der Waals surface area contributed by atoms with Gasteiger partial charge in [0.1, 0.15) is 16.9 Å². The standard InChI is InChI=1S/C19H21ClN2O4/c1-2-25-15-5-3-14(4-6-15)22-18(23)13-11-17(20)19(21-12-13)26-16-7-9-24-10-8-16/h3-6,11-12,16H,2,7-10H2,1H3,(H,22,23). The van der Waals surface area contributed by atoms with Crippen LogP contribution in [-0.2, 0) is 4.74 Å². The smallest absolute Gasteiger partial charge is 0.257 e. The molecule has 7 heteroatoms. The molecule has 0 atom stereocenters. The van der Waals surface area contributed by atoms with Crippen LogP contribution in [0, 0.1) is 0 Å². The molecule has 1 aromatic carbocycles. The Bertz CT molecular complexity index is 746. The van der Waals surface area contributed by atoms with Crippen LogP contribution >= 0.6 is 11.6 Å². The van der Waals surface area contributed by atoms with Gasteiger partial charge in [-0.25, -0.2) is 4.98 Å². The summed E-state index contributed by atoms with van der Waals surface area (Å²) in [6, 6.07) is 8.72. The Labute approximate surface area is 157 Å². The van der Waals surface area contributed by atoms with E-state index in [1.807, 2.05) is 6.92 Å². The molecular weight excluding hydrogens is 356 g/mol. The molecule has 1 fully saturated rings. The Morgan fingerprint density at radius 1 is 1.31 bits per heavy atom. The van der Waals surface area contributed by atoms with Crippen molar-refractivity contribution in [3.63, 3.8) is 0 Å². The second-order valence-electron chi connectivity index (χ2n) is 5.85. The number of aromatic nitrogens is 1. The predicted molar refractivity (Wildman–Crippen MR) is 99.3 cm³/mol. The normalized spacial score (nSPS) is 14.7. The molecule has 0 aliphatic carbocycles. The van der Waals surface area contributed by atoms with Crippen molar-refractivity contribution < 1.29 is 19.0 Å². The van der Waals surface area contributed by atoms with Crippen molar-refractivity contribution in [1.82, 2.24) is 4.98 Å². The molecule has 2 heterocycles.